The predicted molar refractivity (Wildman–Crippen MR) is 78.1 cm³/mol. The van der Waals surface area contributed by atoms with Crippen molar-refractivity contribution in [2.24, 2.45) is 5.92 Å². The minimum absolute atomic E-state index is 0.00175. The van der Waals surface area contributed by atoms with Crippen molar-refractivity contribution in [2.45, 2.75) is 32.6 Å². The normalized spacial score (nSPS) is 13.3. The molecule has 0 aliphatic carbocycles. The van der Waals surface area contributed by atoms with Gasteiger partial charge in [0.05, 0.1) is 5.92 Å². The van der Waals surface area contributed by atoms with Crippen LogP contribution in [0.3, 0.4) is 0 Å². The van der Waals surface area contributed by atoms with Gasteiger partial charge < -0.3 is 10.6 Å². The highest BCUT2D eigenvalue weighted by Crippen LogP contribution is 2.26. The first kappa shape index (κ1) is 15.2. The topological polar surface area (TPSA) is 41.1 Å². The summed E-state index contributed by atoms with van der Waals surface area (Å²) in [5.41, 5.74) is 0.00175. The van der Waals surface area contributed by atoms with Gasteiger partial charge in [0.25, 0.3) is 0 Å². The minimum Gasteiger partial charge on any atom is -0.355 e. The third kappa shape index (κ3) is 4.10. The standard InChI is InChI=1S/C14H24N2OS/c1-5-11(9-15-4)13(17)16-10-14(2,3)12-7-6-8-18-12/h6-8,11,15H,5,9-10H2,1-4H3,(H,16,17). The van der Waals surface area contributed by atoms with E-state index in [-0.39, 0.29) is 17.2 Å². The number of thiophene rings is 1. The molecule has 2 N–H and O–H groups in total. The number of rotatable bonds is 7. The van der Waals surface area contributed by atoms with Crippen LogP contribution in [0, 0.1) is 5.92 Å². The van der Waals surface area contributed by atoms with Crippen molar-refractivity contribution in [1.82, 2.24) is 10.6 Å². The molecule has 1 aromatic rings. The fraction of sp³-hybridized carbons (Fsp3) is 0.643. The fourth-order valence-electron chi connectivity index (χ4n) is 1.87. The van der Waals surface area contributed by atoms with Crippen LogP contribution in [0.4, 0.5) is 0 Å². The molecule has 1 atom stereocenters. The van der Waals surface area contributed by atoms with E-state index in [9.17, 15) is 4.79 Å². The highest BCUT2D eigenvalue weighted by Gasteiger charge is 2.24. The molecule has 1 aromatic heterocycles. The van der Waals surface area contributed by atoms with Crippen LogP contribution >= 0.6 is 11.3 Å². The molecule has 0 radical (unpaired) electrons. The number of carbonyl (C=O) groups excluding carboxylic acids is 1. The van der Waals surface area contributed by atoms with Gasteiger partial charge in [-0.1, -0.05) is 26.8 Å². The van der Waals surface area contributed by atoms with Gasteiger partial charge in [0.1, 0.15) is 0 Å². The van der Waals surface area contributed by atoms with E-state index in [0.717, 1.165) is 13.0 Å². The van der Waals surface area contributed by atoms with E-state index < -0.39 is 0 Å². The summed E-state index contributed by atoms with van der Waals surface area (Å²) in [7, 11) is 1.88. The lowest BCUT2D eigenvalue weighted by Crippen LogP contribution is -2.41. The van der Waals surface area contributed by atoms with Crippen LogP contribution in [-0.2, 0) is 10.2 Å². The molecular weight excluding hydrogens is 244 g/mol. The van der Waals surface area contributed by atoms with E-state index in [1.807, 2.05) is 14.0 Å². The summed E-state index contributed by atoms with van der Waals surface area (Å²) in [4.78, 5) is 13.3. The molecule has 0 saturated heterocycles. The van der Waals surface area contributed by atoms with E-state index in [1.54, 1.807) is 11.3 Å². The molecule has 0 aromatic carbocycles. The van der Waals surface area contributed by atoms with Crippen LogP contribution in [0.5, 0.6) is 0 Å². The van der Waals surface area contributed by atoms with Crippen molar-refractivity contribution < 1.29 is 4.79 Å². The van der Waals surface area contributed by atoms with Gasteiger partial charge in [0.2, 0.25) is 5.91 Å². The molecule has 1 unspecified atom stereocenters. The van der Waals surface area contributed by atoms with Gasteiger partial charge in [0.15, 0.2) is 0 Å². The summed E-state index contributed by atoms with van der Waals surface area (Å²) in [5.74, 6) is 0.214. The van der Waals surface area contributed by atoms with Crippen molar-refractivity contribution in [2.75, 3.05) is 20.1 Å². The average molecular weight is 268 g/mol. The Hall–Kier alpha value is -0.870. The van der Waals surface area contributed by atoms with E-state index in [2.05, 4.69) is 42.0 Å². The summed E-state index contributed by atoms with van der Waals surface area (Å²) < 4.78 is 0. The molecule has 0 fully saturated rings. The van der Waals surface area contributed by atoms with Gasteiger partial charge in [-0.25, -0.2) is 0 Å². The van der Waals surface area contributed by atoms with Gasteiger partial charge in [-0.2, -0.15) is 0 Å². The number of hydrogen-bond acceptors (Lipinski definition) is 3. The summed E-state index contributed by atoms with van der Waals surface area (Å²) in [6.45, 7) is 7.80. The monoisotopic (exact) mass is 268 g/mol. The predicted octanol–water partition coefficient (Wildman–Crippen LogP) is 2.39. The van der Waals surface area contributed by atoms with Crippen LogP contribution in [-0.4, -0.2) is 26.0 Å². The summed E-state index contributed by atoms with van der Waals surface area (Å²) >= 11 is 1.74. The minimum atomic E-state index is 0.00175. The Labute approximate surface area is 114 Å². The second kappa shape index (κ2) is 6.90. The smallest absolute Gasteiger partial charge is 0.224 e. The largest absolute Gasteiger partial charge is 0.355 e. The molecule has 18 heavy (non-hydrogen) atoms. The third-order valence-electron chi connectivity index (χ3n) is 3.21. The quantitative estimate of drug-likeness (QED) is 0.797. The number of carbonyl (C=O) groups is 1. The van der Waals surface area contributed by atoms with Gasteiger partial charge in [0, 0.05) is 23.4 Å². The van der Waals surface area contributed by atoms with Crippen LogP contribution in [0.15, 0.2) is 17.5 Å². The zero-order chi connectivity index (χ0) is 13.6. The Balaban J connectivity index is 2.51. The van der Waals surface area contributed by atoms with Crippen LogP contribution in [0.2, 0.25) is 0 Å². The van der Waals surface area contributed by atoms with Crippen molar-refractivity contribution in [3.8, 4) is 0 Å². The number of nitrogens with one attached hydrogen (secondary N) is 2. The van der Waals surface area contributed by atoms with Gasteiger partial charge in [-0.15, -0.1) is 11.3 Å². The van der Waals surface area contributed by atoms with Gasteiger partial charge >= 0.3 is 0 Å². The Bertz CT molecular complexity index is 360. The molecule has 3 nitrogen and oxygen atoms in total. The van der Waals surface area contributed by atoms with Crippen LogP contribution in [0.1, 0.15) is 32.1 Å². The SMILES string of the molecule is CCC(CNC)C(=O)NCC(C)(C)c1cccs1. The zero-order valence-electron chi connectivity index (χ0n) is 11.7. The van der Waals surface area contributed by atoms with Crippen molar-refractivity contribution in [3.05, 3.63) is 22.4 Å². The van der Waals surface area contributed by atoms with E-state index in [4.69, 9.17) is 0 Å². The summed E-state index contributed by atoms with van der Waals surface area (Å²) in [6.07, 6.45) is 0.867. The highest BCUT2D eigenvalue weighted by atomic mass is 32.1. The van der Waals surface area contributed by atoms with Crippen molar-refractivity contribution in [1.29, 1.82) is 0 Å². The molecular formula is C14H24N2OS. The maximum atomic E-state index is 12.0. The molecule has 0 aliphatic heterocycles. The Morgan fingerprint density at radius 2 is 2.22 bits per heavy atom. The summed E-state index contributed by atoms with van der Waals surface area (Å²) in [5, 5.41) is 8.22. The maximum absolute atomic E-state index is 12.0. The van der Waals surface area contributed by atoms with Crippen molar-refractivity contribution >= 4 is 17.2 Å². The second-order valence-corrected chi connectivity index (χ2v) is 6.19. The van der Waals surface area contributed by atoms with Crippen LogP contribution < -0.4 is 10.6 Å². The molecule has 0 saturated carbocycles. The molecule has 0 spiro atoms. The highest BCUT2D eigenvalue weighted by molar-refractivity contribution is 7.10. The Morgan fingerprint density at radius 1 is 1.50 bits per heavy atom. The lowest BCUT2D eigenvalue weighted by Gasteiger charge is -2.25. The fourth-order valence-corrected chi connectivity index (χ4v) is 2.72. The van der Waals surface area contributed by atoms with E-state index >= 15 is 0 Å². The number of amides is 1. The first-order valence-electron chi connectivity index (χ1n) is 6.47. The zero-order valence-corrected chi connectivity index (χ0v) is 12.6. The molecule has 1 rings (SSSR count). The lowest BCUT2D eigenvalue weighted by molar-refractivity contribution is -0.125. The Morgan fingerprint density at radius 3 is 2.72 bits per heavy atom. The van der Waals surface area contributed by atoms with E-state index in [1.165, 1.54) is 4.88 Å². The molecule has 1 heterocycles. The van der Waals surface area contributed by atoms with Crippen molar-refractivity contribution in [3.63, 3.8) is 0 Å². The molecule has 4 heteroatoms. The second-order valence-electron chi connectivity index (χ2n) is 5.24. The summed E-state index contributed by atoms with van der Waals surface area (Å²) in [6, 6.07) is 4.18. The Kier molecular flexibility index (Phi) is 5.82. The first-order valence-corrected chi connectivity index (χ1v) is 7.35. The van der Waals surface area contributed by atoms with E-state index in [0.29, 0.717) is 6.54 Å². The molecule has 0 aliphatic rings. The first-order chi connectivity index (χ1) is 8.51. The lowest BCUT2D eigenvalue weighted by atomic mass is 9.91. The van der Waals surface area contributed by atoms with Gasteiger partial charge in [-0.05, 0) is 24.9 Å². The van der Waals surface area contributed by atoms with Crippen LogP contribution in [0.25, 0.3) is 0 Å². The third-order valence-corrected chi connectivity index (χ3v) is 4.44. The average Bonchev–Trinajstić information content (AvgIpc) is 2.87. The molecule has 102 valence electrons. The van der Waals surface area contributed by atoms with Gasteiger partial charge in [-0.3, -0.25) is 4.79 Å². The number of hydrogen-bond donors (Lipinski definition) is 2. The molecule has 0 bridgehead atoms. The molecule has 1 amide bonds. The maximum Gasteiger partial charge on any atom is 0.224 e.